The van der Waals surface area contributed by atoms with E-state index in [1.54, 1.807) is 0 Å². The van der Waals surface area contributed by atoms with Crippen molar-refractivity contribution >= 4 is 27.7 Å². The normalized spacial score (nSPS) is 20.4. The minimum atomic E-state index is 0.0981. The number of amides is 2. The van der Waals surface area contributed by atoms with Crippen molar-refractivity contribution in [3.8, 4) is 0 Å². The third kappa shape index (κ3) is 2.87. The second-order valence-electron chi connectivity index (χ2n) is 7.57. The Morgan fingerprint density at radius 1 is 0.926 bits per heavy atom. The highest BCUT2D eigenvalue weighted by Crippen LogP contribution is 2.30. The van der Waals surface area contributed by atoms with E-state index >= 15 is 0 Å². The Labute approximate surface area is 166 Å². The van der Waals surface area contributed by atoms with Gasteiger partial charge in [-0.05, 0) is 35.9 Å². The van der Waals surface area contributed by atoms with Gasteiger partial charge < -0.3 is 9.80 Å². The molecule has 2 saturated heterocycles. The summed E-state index contributed by atoms with van der Waals surface area (Å²) in [5, 5.41) is 0. The van der Waals surface area contributed by atoms with Crippen molar-refractivity contribution in [1.29, 1.82) is 0 Å². The highest BCUT2D eigenvalue weighted by atomic mass is 79.9. The monoisotopic (exact) mass is 425 g/mol. The van der Waals surface area contributed by atoms with Crippen LogP contribution in [-0.4, -0.2) is 64.8 Å². The van der Waals surface area contributed by atoms with Crippen LogP contribution in [0.5, 0.6) is 0 Å². The summed E-state index contributed by atoms with van der Waals surface area (Å²) in [7, 11) is 0. The molecule has 0 spiro atoms. The molecule has 3 aliphatic heterocycles. The van der Waals surface area contributed by atoms with Gasteiger partial charge in [-0.15, -0.1) is 0 Å². The largest absolute Gasteiger partial charge is 0.335 e. The van der Waals surface area contributed by atoms with Gasteiger partial charge in [-0.1, -0.05) is 34.1 Å². The number of fused-ring (bicyclic) bond motifs is 1. The Hall–Kier alpha value is -2.18. The molecule has 0 aliphatic carbocycles. The van der Waals surface area contributed by atoms with E-state index in [0.29, 0.717) is 12.1 Å². The summed E-state index contributed by atoms with van der Waals surface area (Å²) < 4.78 is 0.978. The highest BCUT2D eigenvalue weighted by molar-refractivity contribution is 9.10. The molecular formula is C21H20BrN3O2. The van der Waals surface area contributed by atoms with Crippen LogP contribution in [0, 0.1) is 0 Å². The number of nitrogens with zero attached hydrogens (tertiary/aromatic N) is 3. The molecule has 3 aliphatic rings. The van der Waals surface area contributed by atoms with E-state index in [1.165, 1.54) is 0 Å². The Morgan fingerprint density at radius 2 is 1.63 bits per heavy atom. The third-order valence-corrected chi connectivity index (χ3v) is 6.47. The maximum absolute atomic E-state index is 12.6. The molecule has 2 aromatic carbocycles. The molecule has 0 bridgehead atoms. The number of benzene rings is 2. The first-order chi connectivity index (χ1) is 13.1. The lowest BCUT2D eigenvalue weighted by atomic mass is 9.98. The summed E-state index contributed by atoms with van der Waals surface area (Å²) in [5.74, 6) is 0.261. The number of halogens is 1. The van der Waals surface area contributed by atoms with Crippen molar-refractivity contribution in [2.45, 2.75) is 18.6 Å². The highest BCUT2D eigenvalue weighted by Gasteiger charge is 2.44. The van der Waals surface area contributed by atoms with Crippen LogP contribution in [0.25, 0.3) is 0 Å². The molecule has 0 aromatic heterocycles. The van der Waals surface area contributed by atoms with Crippen LogP contribution >= 0.6 is 15.9 Å². The molecule has 0 radical (unpaired) electrons. The van der Waals surface area contributed by atoms with E-state index in [2.05, 4.69) is 20.8 Å². The second kappa shape index (κ2) is 6.46. The summed E-state index contributed by atoms with van der Waals surface area (Å²) in [5.41, 5.74) is 2.72. The molecule has 138 valence electrons. The molecule has 0 atom stereocenters. The number of rotatable bonds is 3. The predicted octanol–water partition coefficient (Wildman–Crippen LogP) is 2.61. The van der Waals surface area contributed by atoms with Crippen molar-refractivity contribution in [3.63, 3.8) is 0 Å². The Morgan fingerprint density at radius 3 is 2.33 bits per heavy atom. The lowest BCUT2D eigenvalue weighted by Gasteiger charge is -2.53. The SMILES string of the molecule is O=C(c1ccc(Br)cc1)N1CC(N2CC(N3Cc4ccccc4C3=O)C2)C1. The first kappa shape index (κ1) is 17.0. The number of hydrogen-bond acceptors (Lipinski definition) is 3. The van der Waals surface area contributed by atoms with Crippen LogP contribution in [0.1, 0.15) is 26.3 Å². The van der Waals surface area contributed by atoms with Crippen molar-refractivity contribution in [3.05, 3.63) is 69.7 Å². The zero-order chi connectivity index (χ0) is 18.5. The standard InChI is InChI=1S/C21H20BrN3O2/c22-16-7-5-14(6-8-16)20(26)24-10-17(11-24)23-12-18(13-23)25-9-15-3-1-2-4-19(15)21(25)27/h1-8,17-18H,9-13H2. The van der Waals surface area contributed by atoms with Crippen LogP contribution in [0.3, 0.4) is 0 Å². The van der Waals surface area contributed by atoms with E-state index in [9.17, 15) is 9.59 Å². The Balaban J connectivity index is 1.13. The lowest BCUT2D eigenvalue weighted by molar-refractivity contribution is -0.0364. The van der Waals surface area contributed by atoms with Gasteiger partial charge in [-0.3, -0.25) is 14.5 Å². The smallest absolute Gasteiger partial charge is 0.254 e. The van der Waals surface area contributed by atoms with E-state index in [0.717, 1.165) is 53.9 Å². The fourth-order valence-corrected chi connectivity index (χ4v) is 4.45. The molecule has 5 rings (SSSR count). The molecule has 2 aromatic rings. The van der Waals surface area contributed by atoms with Crippen molar-refractivity contribution < 1.29 is 9.59 Å². The molecule has 0 unspecified atom stereocenters. The molecule has 0 saturated carbocycles. The molecule has 5 nitrogen and oxygen atoms in total. The number of likely N-dealkylation sites (tertiary alicyclic amines) is 2. The number of hydrogen-bond donors (Lipinski definition) is 0. The van der Waals surface area contributed by atoms with Crippen molar-refractivity contribution in [2.75, 3.05) is 26.2 Å². The van der Waals surface area contributed by atoms with Crippen LogP contribution in [-0.2, 0) is 6.54 Å². The van der Waals surface area contributed by atoms with Gasteiger partial charge in [0.25, 0.3) is 11.8 Å². The molecule has 2 amide bonds. The fraction of sp³-hybridized carbons (Fsp3) is 0.333. The van der Waals surface area contributed by atoms with Gasteiger partial charge in [0.05, 0.1) is 6.04 Å². The number of carbonyl (C=O) groups is 2. The average molecular weight is 426 g/mol. The van der Waals surface area contributed by atoms with Crippen molar-refractivity contribution in [1.82, 2.24) is 14.7 Å². The van der Waals surface area contributed by atoms with Gasteiger partial charge in [0, 0.05) is 54.4 Å². The van der Waals surface area contributed by atoms with Gasteiger partial charge >= 0.3 is 0 Å². The maximum atomic E-state index is 12.6. The Kier molecular flexibility index (Phi) is 4.06. The van der Waals surface area contributed by atoms with Crippen LogP contribution in [0.15, 0.2) is 53.0 Å². The summed E-state index contributed by atoms with van der Waals surface area (Å²) in [6.07, 6.45) is 0. The minimum absolute atomic E-state index is 0.0981. The second-order valence-corrected chi connectivity index (χ2v) is 8.48. The maximum Gasteiger partial charge on any atom is 0.254 e. The van der Waals surface area contributed by atoms with Gasteiger partial charge in [0.1, 0.15) is 0 Å². The van der Waals surface area contributed by atoms with E-state index in [1.807, 2.05) is 58.3 Å². The van der Waals surface area contributed by atoms with Crippen LogP contribution < -0.4 is 0 Å². The first-order valence-electron chi connectivity index (χ1n) is 9.28. The molecule has 27 heavy (non-hydrogen) atoms. The summed E-state index contributed by atoms with van der Waals surface area (Å²) in [6.45, 7) is 4.09. The fourth-order valence-electron chi connectivity index (χ4n) is 4.18. The van der Waals surface area contributed by atoms with Gasteiger partial charge in [-0.25, -0.2) is 0 Å². The van der Waals surface area contributed by atoms with E-state index in [-0.39, 0.29) is 11.8 Å². The van der Waals surface area contributed by atoms with Gasteiger partial charge in [0.15, 0.2) is 0 Å². The average Bonchev–Trinajstić information content (AvgIpc) is 2.93. The first-order valence-corrected chi connectivity index (χ1v) is 10.1. The molecular weight excluding hydrogens is 406 g/mol. The predicted molar refractivity (Wildman–Crippen MR) is 106 cm³/mol. The van der Waals surface area contributed by atoms with Gasteiger partial charge in [-0.2, -0.15) is 0 Å². The van der Waals surface area contributed by atoms with Gasteiger partial charge in [0.2, 0.25) is 0 Å². The summed E-state index contributed by atoms with van der Waals surface area (Å²) >= 11 is 3.40. The van der Waals surface area contributed by atoms with E-state index in [4.69, 9.17) is 0 Å². The Bertz CT molecular complexity index is 902. The summed E-state index contributed by atoms with van der Waals surface area (Å²) in [4.78, 5) is 31.4. The van der Waals surface area contributed by atoms with E-state index < -0.39 is 0 Å². The zero-order valence-electron chi connectivity index (χ0n) is 14.8. The zero-order valence-corrected chi connectivity index (χ0v) is 16.4. The topological polar surface area (TPSA) is 43.9 Å². The third-order valence-electron chi connectivity index (χ3n) is 5.94. The number of carbonyl (C=O) groups excluding carboxylic acids is 2. The molecule has 6 heteroatoms. The quantitative estimate of drug-likeness (QED) is 0.758. The van der Waals surface area contributed by atoms with Crippen molar-refractivity contribution in [2.24, 2.45) is 0 Å². The molecule has 2 fully saturated rings. The van der Waals surface area contributed by atoms with Crippen LogP contribution in [0.2, 0.25) is 0 Å². The molecule has 3 heterocycles. The molecule has 0 N–H and O–H groups in total. The minimum Gasteiger partial charge on any atom is -0.335 e. The summed E-state index contributed by atoms with van der Waals surface area (Å²) in [6, 6.07) is 16.1. The van der Waals surface area contributed by atoms with Crippen LogP contribution in [0.4, 0.5) is 0 Å². The lowest BCUT2D eigenvalue weighted by Crippen LogP contribution is -2.70.